The molecule has 6 heteroatoms. The molecule has 0 aromatic rings. The summed E-state index contributed by atoms with van der Waals surface area (Å²) in [7, 11) is 0. The van der Waals surface area contributed by atoms with E-state index in [-0.39, 0.29) is 5.66 Å². The minimum atomic E-state index is -0.283. The van der Waals surface area contributed by atoms with Crippen molar-refractivity contribution in [2.45, 2.75) is 19.5 Å². The molecule has 0 saturated heterocycles. The Morgan fingerprint density at radius 3 is 1.59 bits per heavy atom. The van der Waals surface area contributed by atoms with Crippen molar-refractivity contribution in [3.63, 3.8) is 0 Å². The molecule has 0 aliphatic heterocycles. The van der Waals surface area contributed by atoms with Gasteiger partial charge in [0.15, 0.2) is 0 Å². The van der Waals surface area contributed by atoms with Gasteiger partial charge >= 0.3 is 0 Å². The highest BCUT2D eigenvalue weighted by Gasteiger charge is 2.06. The van der Waals surface area contributed by atoms with Gasteiger partial charge in [-0.3, -0.25) is 5.32 Å². The van der Waals surface area contributed by atoms with Gasteiger partial charge in [0.2, 0.25) is 0 Å². The third-order valence-electron chi connectivity index (χ3n) is 2.16. The molecule has 0 amide bonds. The number of rotatable bonds is 12. The predicted octanol–water partition coefficient (Wildman–Crippen LogP) is -2.00. The summed E-state index contributed by atoms with van der Waals surface area (Å²) >= 11 is 0. The van der Waals surface area contributed by atoms with Gasteiger partial charge in [0, 0.05) is 52.4 Å². The molecule has 0 radical (unpaired) electrons. The van der Waals surface area contributed by atoms with Gasteiger partial charge in [0.1, 0.15) is 0 Å². The van der Waals surface area contributed by atoms with E-state index in [2.05, 4.69) is 21.3 Å². The highest BCUT2D eigenvalue weighted by Crippen LogP contribution is 1.86. The van der Waals surface area contributed by atoms with Gasteiger partial charge < -0.3 is 27.4 Å². The molecule has 0 aromatic carbocycles. The van der Waals surface area contributed by atoms with E-state index in [1.54, 1.807) is 0 Å². The molecule has 0 unspecified atom stereocenters. The molecule has 0 rings (SSSR count). The van der Waals surface area contributed by atoms with Crippen molar-refractivity contribution < 1.29 is 0 Å². The molecule has 0 spiro atoms. The standard InChI is InChI=1S/C11H30N6/c1-11(2,13)17-10-9-16-8-7-15-6-5-14-4-3-12/h14-17H,3-10,12-13H2,1-2H3. The maximum Gasteiger partial charge on any atom is 0.0604 e. The summed E-state index contributed by atoms with van der Waals surface area (Å²) in [5.74, 6) is 0. The monoisotopic (exact) mass is 246 g/mol. The van der Waals surface area contributed by atoms with Crippen LogP contribution in [-0.2, 0) is 0 Å². The number of hydrogen-bond acceptors (Lipinski definition) is 6. The molecule has 104 valence electrons. The van der Waals surface area contributed by atoms with Gasteiger partial charge in [-0.05, 0) is 13.8 Å². The first kappa shape index (κ1) is 16.8. The molecule has 17 heavy (non-hydrogen) atoms. The van der Waals surface area contributed by atoms with Crippen LogP contribution in [0.2, 0.25) is 0 Å². The van der Waals surface area contributed by atoms with Crippen molar-refractivity contribution in [2.75, 3.05) is 52.4 Å². The van der Waals surface area contributed by atoms with E-state index in [0.29, 0.717) is 6.54 Å². The van der Waals surface area contributed by atoms with E-state index < -0.39 is 0 Å². The molecule has 0 aliphatic carbocycles. The van der Waals surface area contributed by atoms with E-state index in [9.17, 15) is 0 Å². The zero-order valence-electron chi connectivity index (χ0n) is 11.3. The quantitative estimate of drug-likeness (QED) is 0.176. The van der Waals surface area contributed by atoms with E-state index >= 15 is 0 Å². The Bertz CT molecular complexity index is 157. The predicted molar refractivity (Wildman–Crippen MR) is 73.9 cm³/mol. The molecule has 0 bridgehead atoms. The third-order valence-corrected chi connectivity index (χ3v) is 2.16. The number of nitrogens with one attached hydrogen (secondary N) is 4. The van der Waals surface area contributed by atoms with Crippen LogP contribution in [0.15, 0.2) is 0 Å². The van der Waals surface area contributed by atoms with Crippen LogP contribution in [-0.4, -0.2) is 58.0 Å². The molecule has 8 N–H and O–H groups in total. The Labute approximate surface area is 105 Å². The Hall–Kier alpha value is -0.240. The lowest BCUT2D eigenvalue weighted by molar-refractivity contribution is 0.400. The molecular formula is C11H30N6. The van der Waals surface area contributed by atoms with Gasteiger partial charge in [-0.15, -0.1) is 0 Å². The molecule has 0 atom stereocenters. The van der Waals surface area contributed by atoms with Gasteiger partial charge in [-0.25, -0.2) is 0 Å². The first-order chi connectivity index (χ1) is 8.06. The fraction of sp³-hybridized carbons (Fsp3) is 1.00. The maximum absolute atomic E-state index is 5.79. The molecule has 6 nitrogen and oxygen atoms in total. The average molecular weight is 246 g/mol. The lowest BCUT2D eigenvalue weighted by Gasteiger charge is -2.20. The van der Waals surface area contributed by atoms with Crippen molar-refractivity contribution in [3.05, 3.63) is 0 Å². The summed E-state index contributed by atoms with van der Waals surface area (Å²) in [5.41, 5.74) is 10.9. The minimum Gasteiger partial charge on any atom is -0.329 e. The molecule has 0 fully saturated rings. The first-order valence-electron chi connectivity index (χ1n) is 6.42. The van der Waals surface area contributed by atoms with E-state index in [4.69, 9.17) is 11.5 Å². The lowest BCUT2D eigenvalue weighted by Crippen LogP contribution is -2.50. The zero-order valence-corrected chi connectivity index (χ0v) is 11.3. The van der Waals surface area contributed by atoms with Crippen LogP contribution in [0.25, 0.3) is 0 Å². The smallest absolute Gasteiger partial charge is 0.0604 e. The normalized spacial score (nSPS) is 12.0. The van der Waals surface area contributed by atoms with Gasteiger partial charge in [-0.1, -0.05) is 0 Å². The summed E-state index contributed by atoms with van der Waals surface area (Å²) in [6, 6.07) is 0. The third kappa shape index (κ3) is 15.8. The van der Waals surface area contributed by atoms with Gasteiger partial charge in [-0.2, -0.15) is 0 Å². The second-order valence-corrected chi connectivity index (χ2v) is 4.69. The van der Waals surface area contributed by atoms with E-state index in [1.807, 2.05) is 13.8 Å². The van der Waals surface area contributed by atoms with Crippen LogP contribution in [0.5, 0.6) is 0 Å². The Balaban J connectivity index is 2.99. The van der Waals surface area contributed by atoms with Crippen molar-refractivity contribution >= 4 is 0 Å². The van der Waals surface area contributed by atoms with Crippen LogP contribution in [0.4, 0.5) is 0 Å². The van der Waals surface area contributed by atoms with Crippen LogP contribution in [0.1, 0.15) is 13.8 Å². The van der Waals surface area contributed by atoms with Gasteiger partial charge in [0.25, 0.3) is 0 Å². The van der Waals surface area contributed by atoms with E-state index in [1.165, 1.54) is 0 Å². The summed E-state index contributed by atoms with van der Waals surface area (Å²) in [6.45, 7) is 11.3. The van der Waals surface area contributed by atoms with Crippen LogP contribution in [0.3, 0.4) is 0 Å². The summed E-state index contributed by atoms with van der Waals surface area (Å²) in [5, 5.41) is 13.1. The Kier molecular flexibility index (Phi) is 10.7. The van der Waals surface area contributed by atoms with Gasteiger partial charge in [0.05, 0.1) is 5.66 Å². The largest absolute Gasteiger partial charge is 0.329 e. The van der Waals surface area contributed by atoms with Crippen LogP contribution in [0, 0.1) is 0 Å². The van der Waals surface area contributed by atoms with Crippen LogP contribution < -0.4 is 32.7 Å². The molecule has 0 heterocycles. The zero-order chi connectivity index (χ0) is 13.0. The van der Waals surface area contributed by atoms with Crippen molar-refractivity contribution in [2.24, 2.45) is 11.5 Å². The average Bonchev–Trinajstić information content (AvgIpc) is 2.24. The lowest BCUT2D eigenvalue weighted by atomic mass is 10.3. The highest BCUT2D eigenvalue weighted by molar-refractivity contribution is 4.68. The second kappa shape index (κ2) is 10.9. The summed E-state index contributed by atoms with van der Waals surface area (Å²) in [6.07, 6.45) is 0. The maximum atomic E-state index is 5.79. The molecule has 0 aromatic heterocycles. The molecule has 0 saturated carbocycles. The molecular weight excluding hydrogens is 216 g/mol. The minimum absolute atomic E-state index is 0.283. The summed E-state index contributed by atoms with van der Waals surface area (Å²) < 4.78 is 0. The van der Waals surface area contributed by atoms with E-state index in [0.717, 1.165) is 45.8 Å². The topological polar surface area (TPSA) is 100 Å². The SMILES string of the molecule is CC(C)(N)NCCNCCNCCNCCN. The van der Waals surface area contributed by atoms with Crippen molar-refractivity contribution in [1.29, 1.82) is 0 Å². The van der Waals surface area contributed by atoms with Crippen LogP contribution >= 0.6 is 0 Å². The Morgan fingerprint density at radius 1 is 0.765 bits per heavy atom. The fourth-order valence-electron chi connectivity index (χ4n) is 1.30. The number of hydrogen-bond donors (Lipinski definition) is 6. The number of nitrogens with two attached hydrogens (primary N) is 2. The summed E-state index contributed by atoms with van der Waals surface area (Å²) in [4.78, 5) is 0. The first-order valence-corrected chi connectivity index (χ1v) is 6.42. The fourth-order valence-corrected chi connectivity index (χ4v) is 1.30. The van der Waals surface area contributed by atoms with Crippen molar-refractivity contribution in [1.82, 2.24) is 21.3 Å². The Morgan fingerprint density at radius 2 is 1.18 bits per heavy atom. The molecule has 0 aliphatic rings. The van der Waals surface area contributed by atoms with Crippen molar-refractivity contribution in [3.8, 4) is 0 Å². The second-order valence-electron chi connectivity index (χ2n) is 4.69. The highest BCUT2D eigenvalue weighted by atomic mass is 15.1.